The normalized spacial score (nSPS) is 25.6. The number of aromatic nitrogens is 4. The number of aryl methyl sites for hydroxylation is 1. The van der Waals surface area contributed by atoms with Crippen molar-refractivity contribution >= 4 is 15.8 Å². The first-order valence-corrected chi connectivity index (χ1v) is 11.3. The van der Waals surface area contributed by atoms with Gasteiger partial charge in [-0.2, -0.15) is 17.5 Å². The van der Waals surface area contributed by atoms with E-state index in [2.05, 4.69) is 20.3 Å². The van der Waals surface area contributed by atoms with E-state index in [1.54, 1.807) is 11.6 Å². The molecule has 0 radical (unpaired) electrons. The summed E-state index contributed by atoms with van der Waals surface area (Å²) in [6, 6.07) is 0.354. The molecule has 4 heterocycles. The van der Waals surface area contributed by atoms with Gasteiger partial charge in [-0.3, -0.25) is 0 Å². The number of nitrogens with one attached hydrogen (secondary N) is 1. The van der Waals surface area contributed by atoms with Crippen molar-refractivity contribution in [1.29, 1.82) is 0 Å². The Hall–Kier alpha value is -2.25. The Labute approximate surface area is 177 Å². The van der Waals surface area contributed by atoms with E-state index in [1.807, 2.05) is 0 Å². The number of nitrogens with zero attached hydrogens (tertiary/aromatic N) is 5. The summed E-state index contributed by atoms with van der Waals surface area (Å²) in [6.45, 7) is 0.819. The summed E-state index contributed by atoms with van der Waals surface area (Å²) in [6.07, 6.45) is 1.51. The van der Waals surface area contributed by atoms with E-state index in [-0.39, 0.29) is 36.0 Å². The highest BCUT2D eigenvalue weighted by Gasteiger charge is 2.44. The summed E-state index contributed by atoms with van der Waals surface area (Å²) >= 11 is 0. The highest BCUT2D eigenvalue weighted by Crippen LogP contribution is 2.33. The van der Waals surface area contributed by atoms with Crippen LogP contribution >= 0.6 is 0 Å². The van der Waals surface area contributed by atoms with Crippen LogP contribution in [0.25, 0.3) is 0 Å². The highest BCUT2D eigenvalue weighted by molar-refractivity contribution is 7.89. The van der Waals surface area contributed by atoms with Gasteiger partial charge in [0.2, 0.25) is 0 Å². The van der Waals surface area contributed by atoms with Crippen molar-refractivity contribution < 1.29 is 26.3 Å². The minimum Gasteiger partial charge on any atom is -0.378 e. The van der Waals surface area contributed by atoms with E-state index in [1.165, 1.54) is 16.8 Å². The zero-order valence-electron chi connectivity index (χ0n) is 16.8. The summed E-state index contributed by atoms with van der Waals surface area (Å²) in [7, 11) is -2.18. The maximum atomic E-state index is 13.1. The van der Waals surface area contributed by atoms with Gasteiger partial charge in [-0.05, 0) is 19.3 Å². The maximum absolute atomic E-state index is 13.1. The van der Waals surface area contributed by atoms with Crippen molar-refractivity contribution in [1.82, 2.24) is 23.8 Å². The molecule has 2 aromatic rings. The van der Waals surface area contributed by atoms with Crippen molar-refractivity contribution in [3.8, 4) is 0 Å². The third-order valence-corrected chi connectivity index (χ3v) is 7.32. The standard InChI is InChI=1S/C18H23F3N6O3S/c1-26-9-17(24-11-26)31(28,29)27-7-12(14-4-2-3-5-30-14)13(8-27)25-16-6-15(18(19,20)21)22-10-23-16/h6,9-14H,2-5,7-8H2,1H3,(H,22,23,25)/t12-,13-,14?/m1/s1. The molecule has 9 nitrogen and oxygen atoms in total. The molecule has 170 valence electrons. The summed E-state index contributed by atoms with van der Waals surface area (Å²) in [5.41, 5.74) is -1.06. The lowest BCUT2D eigenvalue weighted by molar-refractivity contribution is -0.141. The van der Waals surface area contributed by atoms with Gasteiger partial charge in [0, 0.05) is 51.0 Å². The molecule has 2 aliphatic heterocycles. The fraction of sp³-hybridized carbons (Fsp3) is 0.611. The fourth-order valence-corrected chi connectivity index (χ4v) is 5.53. The maximum Gasteiger partial charge on any atom is 0.433 e. The molecule has 2 aromatic heterocycles. The van der Waals surface area contributed by atoms with Crippen LogP contribution in [-0.2, 0) is 28.0 Å². The predicted molar refractivity (Wildman–Crippen MR) is 103 cm³/mol. The highest BCUT2D eigenvalue weighted by atomic mass is 32.2. The lowest BCUT2D eigenvalue weighted by atomic mass is 9.91. The zero-order valence-corrected chi connectivity index (χ0v) is 17.6. The second-order valence-corrected chi connectivity index (χ2v) is 9.69. The van der Waals surface area contributed by atoms with E-state index < -0.39 is 27.9 Å². The van der Waals surface area contributed by atoms with E-state index in [0.717, 1.165) is 31.7 Å². The Morgan fingerprint density at radius 2 is 2.00 bits per heavy atom. The zero-order chi connectivity index (χ0) is 22.2. The Morgan fingerprint density at radius 1 is 1.19 bits per heavy atom. The Balaban J connectivity index is 1.59. The molecule has 4 rings (SSSR count). The average Bonchev–Trinajstić information content (AvgIpc) is 3.36. The van der Waals surface area contributed by atoms with E-state index in [9.17, 15) is 21.6 Å². The smallest absolute Gasteiger partial charge is 0.378 e. The van der Waals surface area contributed by atoms with Crippen molar-refractivity contribution in [2.75, 3.05) is 25.0 Å². The number of ether oxygens (including phenoxy) is 1. The summed E-state index contributed by atoms with van der Waals surface area (Å²) in [4.78, 5) is 11.1. The first-order chi connectivity index (χ1) is 14.6. The fourth-order valence-electron chi connectivity index (χ4n) is 4.06. The van der Waals surface area contributed by atoms with Gasteiger partial charge in [0.05, 0.1) is 12.4 Å². The van der Waals surface area contributed by atoms with Crippen molar-refractivity contribution in [2.24, 2.45) is 13.0 Å². The topological polar surface area (TPSA) is 102 Å². The lowest BCUT2D eigenvalue weighted by Crippen LogP contribution is -2.39. The number of sulfonamides is 1. The van der Waals surface area contributed by atoms with Crippen molar-refractivity contribution in [3.05, 3.63) is 30.6 Å². The van der Waals surface area contributed by atoms with E-state index in [4.69, 9.17) is 4.74 Å². The lowest BCUT2D eigenvalue weighted by Gasteiger charge is -2.31. The molecule has 0 saturated carbocycles. The number of hydrogen-bond acceptors (Lipinski definition) is 7. The second-order valence-electron chi connectivity index (χ2n) is 7.81. The van der Waals surface area contributed by atoms with Crippen molar-refractivity contribution in [2.45, 2.75) is 42.6 Å². The van der Waals surface area contributed by atoms with Gasteiger partial charge in [0.1, 0.15) is 17.8 Å². The molecule has 31 heavy (non-hydrogen) atoms. The molecule has 2 fully saturated rings. The van der Waals surface area contributed by atoms with Gasteiger partial charge in [0.25, 0.3) is 10.0 Å². The Bertz CT molecular complexity index is 1020. The quantitative estimate of drug-likeness (QED) is 0.727. The van der Waals surface area contributed by atoms with Crippen LogP contribution in [0.15, 0.2) is 29.9 Å². The van der Waals surface area contributed by atoms with Gasteiger partial charge in [0.15, 0.2) is 5.03 Å². The average molecular weight is 460 g/mol. The molecule has 2 saturated heterocycles. The molecule has 2 aliphatic rings. The molecule has 0 aliphatic carbocycles. The molecule has 3 atom stereocenters. The third-order valence-electron chi connectivity index (χ3n) is 5.60. The largest absolute Gasteiger partial charge is 0.433 e. The minimum atomic E-state index is -4.60. The SMILES string of the molecule is Cn1cnc(S(=O)(=O)N2C[C@@H](Nc3cc(C(F)(F)F)ncn3)[C@H](C3CCCCO3)C2)c1. The summed E-state index contributed by atoms with van der Waals surface area (Å²) < 4.78 is 73.9. The Morgan fingerprint density at radius 3 is 2.65 bits per heavy atom. The van der Waals surface area contributed by atoms with Crippen LogP contribution in [0.3, 0.4) is 0 Å². The second kappa shape index (κ2) is 8.36. The predicted octanol–water partition coefficient (Wildman–Crippen LogP) is 1.90. The van der Waals surface area contributed by atoms with Crippen LogP contribution in [0.1, 0.15) is 25.0 Å². The molecule has 13 heteroatoms. The monoisotopic (exact) mass is 460 g/mol. The molecule has 0 bridgehead atoms. The minimum absolute atomic E-state index is 0.00906. The van der Waals surface area contributed by atoms with Gasteiger partial charge in [-0.25, -0.2) is 23.4 Å². The number of rotatable bonds is 5. The van der Waals surface area contributed by atoms with E-state index in [0.29, 0.717) is 6.61 Å². The van der Waals surface area contributed by atoms with Gasteiger partial charge < -0.3 is 14.6 Å². The number of halogens is 3. The summed E-state index contributed by atoms with van der Waals surface area (Å²) in [5.74, 6) is -0.256. The molecule has 0 amide bonds. The molecule has 1 unspecified atom stereocenters. The van der Waals surface area contributed by atoms with Gasteiger partial charge in [-0.1, -0.05) is 0 Å². The first kappa shape index (κ1) is 22.0. The van der Waals surface area contributed by atoms with Crippen LogP contribution in [-0.4, -0.2) is 64.1 Å². The van der Waals surface area contributed by atoms with Crippen LogP contribution in [0.2, 0.25) is 0 Å². The number of imidazole rings is 1. The first-order valence-electron chi connectivity index (χ1n) is 9.90. The molecule has 0 aromatic carbocycles. The molecular formula is C18H23F3N6O3S. The number of alkyl halides is 3. The third kappa shape index (κ3) is 4.67. The van der Waals surface area contributed by atoms with Gasteiger partial charge >= 0.3 is 6.18 Å². The van der Waals surface area contributed by atoms with Gasteiger partial charge in [-0.15, -0.1) is 0 Å². The number of anilines is 1. The van der Waals surface area contributed by atoms with Crippen LogP contribution < -0.4 is 5.32 Å². The van der Waals surface area contributed by atoms with Crippen LogP contribution in [0.5, 0.6) is 0 Å². The Kier molecular flexibility index (Phi) is 5.92. The van der Waals surface area contributed by atoms with Crippen molar-refractivity contribution in [3.63, 3.8) is 0 Å². The molecule has 1 N–H and O–H groups in total. The molecular weight excluding hydrogens is 437 g/mol. The summed E-state index contributed by atoms with van der Waals surface area (Å²) in [5, 5.41) is 2.93. The molecule has 0 spiro atoms. The van der Waals surface area contributed by atoms with Crippen LogP contribution in [0.4, 0.5) is 19.0 Å². The van der Waals surface area contributed by atoms with E-state index >= 15 is 0 Å². The van der Waals surface area contributed by atoms with Crippen LogP contribution in [0, 0.1) is 5.92 Å². The number of hydrogen-bond donors (Lipinski definition) is 1.